The molecule has 1 heterocycles. The Morgan fingerprint density at radius 3 is 2.41 bits per heavy atom. The number of nitriles is 1. The van der Waals surface area contributed by atoms with E-state index < -0.39 is 41.4 Å². The third-order valence-corrected chi connectivity index (χ3v) is 5.33. The van der Waals surface area contributed by atoms with Crippen molar-refractivity contribution < 1.29 is 23.6 Å². The lowest BCUT2D eigenvalue weighted by Gasteiger charge is -2.21. The summed E-state index contributed by atoms with van der Waals surface area (Å²) in [6, 6.07) is 16.5. The summed E-state index contributed by atoms with van der Waals surface area (Å²) < 4.78 is 13.7. The van der Waals surface area contributed by atoms with Crippen molar-refractivity contribution in [2.24, 2.45) is 0 Å². The van der Waals surface area contributed by atoms with Crippen molar-refractivity contribution in [1.82, 2.24) is 20.9 Å². The maximum Gasteiger partial charge on any atom is 0.289 e. The third kappa shape index (κ3) is 7.80. The van der Waals surface area contributed by atoms with E-state index in [0.717, 1.165) is 12.1 Å². The molecule has 188 valence electrons. The van der Waals surface area contributed by atoms with Crippen LogP contribution in [0.1, 0.15) is 34.1 Å². The predicted octanol–water partition coefficient (Wildman–Crippen LogP) is 1.82. The summed E-state index contributed by atoms with van der Waals surface area (Å²) in [5, 5.41) is 16.4. The number of rotatable bonds is 10. The van der Waals surface area contributed by atoms with Gasteiger partial charge in [-0.05, 0) is 42.8 Å². The largest absolute Gasteiger partial charge is 0.344 e. The minimum Gasteiger partial charge on any atom is -0.344 e. The summed E-state index contributed by atoms with van der Waals surface area (Å²) in [4.78, 5) is 55.0. The van der Waals surface area contributed by atoms with Gasteiger partial charge in [0.1, 0.15) is 17.9 Å². The number of carbonyl (C=O) groups is 4. The van der Waals surface area contributed by atoms with Crippen LogP contribution in [-0.2, 0) is 27.3 Å². The van der Waals surface area contributed by atoms with E-state index in [-0.39, 0.29) is 24.1 Å². The summed E-state index contributed by atoms with van der Waals surface area (Å²) in [6.07, 6.45) is 1.60. The lowest BCUT2D eigenvalue weighted by molar-refractivity contribution is -0.140. The van der Waals surface area contributed by atoms with E-state index in [0.29, 0.717) is 11.3 Å². The van der Waals surface area contributed by atoms with Crippen molar-refractivity contribution in [3.05, 3.63) is 101 Å². The molecule has 0 saturated heterocycles. The molecule has 0 aliphatic rings. The van der Waals surface area contributed by atoms with E-state index in [1.807, 2.05) is 0 Å². The Balaban J connectivity index is 1.69. The number of aromatic nitrogens is 1. The van der Waals surface area contributed by atoms with E-state index in [1.54, 1.807) is 60.8 Å². The molecule has 0 radical (unpaired) electrons. The number of amides is 3. The molecule has 0 fully saturated rings. The van der Waals surface area contributed by atoms with Crippen LogP contribution in [0.15, 0.2) is 72.9 Å². The zero-order chi connectivity index (χ0) is 26.8. The van der Waals surface area contributed by atoms with Gasteiger partial charge >= 0.3 is 0 Å². The lowest BCUT2D eigenvalue weighted by atomic mass is 10.0. The van der Waals surface area contributed by atoms with Gasteiger partial charge in [-0.25, -0.2) is 4.39 Å². The van der Waals surface area contributed by atoms with Crippen molar-refractivity contribution >= 4 is 23.5 Å². The Bertz CT molecular complexity index is 1330. The molecule has 37 heavy (non-hydrogen) atoms. The lowest BCUT2D eigenvalue weighted by Crippen LogP contribution is -2.53. The van der Waals surface area contributed by atoms with Crippen molar-refractivity contribution in [1.29, 1.82) is 5.26 Å². The maximum atomic E-state index is 13.7. The monoisotopic (exact) mass is 501 g/mol. The quantitative estimate of drug-likeness (QED) is 0.362. The van der Waals surface area contributed by atoms with Crippen molar-refractivity contribution in [2.75, 3.05) is 0 Å². The third-order valence-electron chi connectivity index (χ3n) is 5.33. The molecule has 1 aromatic heterocycles. The van der Waals surface area contributed by atoms with Crippen LogP contribution in [0.25, 0.3) is 0 Å². The Kier molecular flexibility index (Phi) is 9.16. The molecule has 0 spiro atoms. The van der Waals surface area contributed by atoms with E-state index in [9.17, 15) is 23.6 Å². The topological polar surface area (TPSA) is 141 Å². The molecule has 3 rings (SSSR count). The van der Waals surface area contributed by atoms with Gasteiger partial charge in [-0.1, -0.05) is 36.4 Å². The van der Waals surface area contributed by atoms with Gasteiger partial charge in [0.2, 0.25) is 11.7 Å². The number of Topliss-reactive ketones (excluding diaryl/α,β-unsaturated/α-hetero) is 1. The van der Waals surface area contributed by atoms with Crippen LogP contribution in [0.4, 0.5) is 4.39 Å². The highest BCUT2D eigenvalue weighted by Gasteiger charge is 2.29. The minimum absolute atomic E-state index is 0.0300. The van der Waals surface area contributed by atoms with Gasteiger partial charge in [0, 0.05) is 18.2 Å². The van der Waals surface area contributed by atoms with Crippen LogP contribution >= 0.6 is 0 Å². The first-order valence-corrected chi connectivity index (χ1v) is 11.3. The van der Waals surface area contributed by atoms with E-state index in [4.69, 9.17) is 5.26 Å². The summed E-state index contributed by atoms with van der Waals surface area (Å²) in [7, 11) is 0. The molecule has 10 heteroatoms. The molecular weight excluding hydrogens is 477 g/mol. The second-order valence-electron chi connectivity index (χ2n) is 8.15. The number of benzene rings is 2. The highest BCUT2D eigenvalue weighted by atomic mass is 19.1. The molecule has 0 aliphatic heterocycles. The zero-order valence-corrected chi connectivity index (χ0v) is 19.9. The van der Waals surface area contributed by atoms with E-state index in [1.165, 1.54) is 13.0 Å². The fraction of sp³-hybridized carbons (Fsp3) is 0.185. The minimum atomic E-state index is -1.21. The summed E-state index contributed by atoms with van der Waals surface area (Å²) >= 11 is 0. The average molecular weight is 502 g/mol. The van der Waals surface area contributed by atoms with Gasteiger partial charge < -0.3 is 16.0 Å². The summed E-state index contributed by atoms with van der Waals surface area (Å²) in [5.74, 6) is -4.04. The number of halogens is 1. The van der Waals surface area contributed by atoms with Crippen LogP contribution in [0.2, 0.25) is 0 Å². The number of hydrogen-bond donors (Lipinski definition) is 3. The maximum absolute atomic E-state index is 13.7. The molecular formula is C27H24FN5O4. The summed E-state index contributed by atoms with van der Waals surface area (Å²) in [5.41, 5.74) is 1.08. The number of carbonyl (C=O) groups excluding carboxylic acids is 4. The molecule has 0 unspecified atom stereocenters. The normalized spacial score (nSPS) is 11.9. The van der Waals surface area contributed by atoms with Gasteiger partial charge in [-0.2, -0.15) is 5.26 Å². The molecule has 9 nitrogen and oxygen atoms in total. The molecule has 2 aromatic carbocycles. The van der Waals surface area contributed by atoms with Gasteiger partial charge in [0.15, 0.2) is 0 Å². The molecule has 2 atom stereocenters. The number of nitrogens with one attached hydrogen (secondary N) is 3. The Morgan fingerprint density at radius 2 is 1.73 bits per heavy atom. The Labute approximate surface area is 212 Å². The predicted molar refractivity (Wildman–Crippen MR) is 131 cm³/mol. The highest BCUT2D eigenvalue weighted by molar-refractivity contribution is 6.38. The van der Waals surface area contributed by atoms with E-state index >= 15 is 0 Å². The molecule has 0 bridgehead atoms. The van der Waals surface area contributed by atoms with Crippen LogP contribution in [-0.4, -0.2) is 40.6 Å². The van der Waals surface area contributed by atoms with E-state index in [2.05, 4.69) is 20.9 Å². The van der Waals surface area contributed by atoms with Crippen LogP contribution in [0.3, 0.4) is 0 Å². The standard InChI is InChI=1S/C27H24FN5O4/c1-17(32-26(36)20-11-19(15-29)12-21(28)14-20)25(35)33-23(13-18-7-3-2-4-8-18)24(34)27(37)31-16-22-9-5-6-10-30-22/h2-12,14,17,23H,13,16H2,1H3,(H,31,37)(H,32,36)(H,33,35)/t17-,23-/m1/s1. The Hall–Kier alpha value is -4.91. The molecule has 0 aliphatic carbocycles. The first-order valence-electron chi connectivity index (χ1n) is 11.3. The van der Waals surface area contributed by atoms with Crippen molar-refractivity contribution in [3.63, 3.8) is 0 Å². The first-order chi connectivity index (χ1) is 17.8. The number of ketones is 1. The van der Waals surface area contributed by atoms with Crippen molar-refractivity contribution in [3.8, 4) is 6.07 Å². The van der Waals surface area contributed by atoms with Gasteiger partial charge in [0.05, 0.1) is 23.9 Å². The van der Waals surface area contributed by atoms with Crippen molar-refractivity contribution in [2.45, 2.75) is 32.0 Å². The number of pyridine rings is 1. The van der Waals surface area contributed by atoms with Crippen LogP contribution < -0.4 is 16.0 Å². The second kappa shape index (κ2) is 12.7. The number of hydrogen-bond acceptors (Lipinski definition) is 6. The Morgan fingerprint density at radius 1 is 1.00 bits per heavy atom. The number of nitrogens with zero attached hydrogens (tertiary/aromatic N) is 2. The molecule has 3 amide bonds. The fourth-order valence-corrected chi connectivity index (χ4v) is 3.41. The SMILES string of the molecule is C[C@@H](NC(=O)c1cc(F)cc(C#N)c1)C(=O)N[C@H](Cc1ccccc1)C(=O)C(=O)NCc1ccccn1. The summed E-state index contributed by atoms with van der Waals surface area (Å²) in [6.45, 7) is 1.41. The zero-order valence-electron chi connectivity index (χ0n) is 19.9. The molecule has 3 aromatic rings. The van der Waals surface area contributed by atoms with Crippen LogP contribution in [0.5, 0.6) is 0 Å². The fourth-order valence-electron chi connectivity index (χ4n) is 3.41. The smallest absolute Gasteiger partial charge is 0.289 e. The molecule has 3 N–H and O–H groups in total. The van der Waals surface area contributed by atoms with Gasteiger partial charge in [-0.3, -0.25) is 24.2 Å². The van der Waals surface area contributed by atoms with Gasteiger partial charge in [-0.15, -0.1) is 0 Å². The first kappa shape index (κ1) is 26.7. The average Bonchev–Trinajstić information content (AvgIpc) is 2.91. The second-order valence-corrected chi connectivity index (χ2v) is 8.15. The van der Waals surface area contributed by atoms with Crippen LogP contribution in [0, 0.1) is 17.1 Å². The highest BCUT2D eigenvalue weighted by Crippen LogP contribution is 2.09. The molecule has 0 saturated carbocycles. The van der Waals surface area contributed by atoms with Gasteiger partial charge in [0.25, 0.3) is 11.8 Å².